The highest BCUT2D eigenvalue weighted by molar-refractivity contribution is 6.87. The van der Waals surface area contributed by atoms with Crippen LogP contribution >= 0.6 is 0 Å². The summed E-state index contributed by atoms with van der Waals surface area (Å²) in [7, 11) is 0. The Balaban J connectivity index is 1.42. The number of benzene rings is 5. The van der Waals surface area contributed by atoms with E-state index in [0.717, 1.165) is 28.2 Å². The van der Waals surface area contributed by atoms with E-state index in [1.807, 2.05) is 24.3 Å². The molecule has 5 aromatic rings. The highest BCUT2D eigenvalue weighted by Gasteiger charge is 2.32. The van der Waals surface area contributed by atoms with E-state index >= 15 is 0 Å². The van der Waals surface area contributed by atoms with E-state index in [1.54, 1.807) is 30.3 Å². The maximum absolute atomic E-state index is 13.4. The van der Waals surface area contributed by atoms with Gasteiger partial charge in [-0.3, -0.25) is 9.59 Å². The SMILES string of the molecule is CB1c2ccccc2N(c2ccccc2-c2ccc3c(c2)C(=O)c2ccccc2C3=O)c2ccccc21. The molecule has 0 aromatic heterocycles. The van der Waals surface area contributed by atoms with Gasteiger partial charge in [0.2, 0.25) is 6.71 Å². The minimum atomic E-state index is -0.105. The van der Waals surface area contributed by atoms with Crippen LogP contribution in [0.25, 0.3) is 11.1 Å². The Morgan fingerprint density at radius 2 is 0.946 bits per heavy atom. The van der Waals surface area contributed by atoms with E-state index in [4.69, 9.17) is 0 Å². The van der Waals surface area contributed by atoms with E-state index in [0.29, 0.717) is 22.3 Å². The molecule has 0 saturated heterocycles. The fourth-order valence-corrected chi connectivity index (χ4v) is 5.85. The number of anilines is 3. The molecule has 5 aromatic carbocycles. The van der Waals surface area contributed by atoms with Crippen molar-refractivity contribution in [3.05, 3.63) is 138 Å². The van der Waals surface area contributed by atoms with Crippen LogP contribution in [0.5, 0.6) is 0 Å². The number of carbonyl (C=O) groups is 2. The molecule has 0 radical (unpaired) electrons. The Bertz CT molecular complexity index is 1710. The zero-order valence-corrected chi connectivity index (χ0v) is 20.3. The average Bonchev–Trinajstić information content (AvgIpc) is 2.96. The summed E-state index contributed by atoms with van der Waals surface area (Å²) in [5.41, 5.74) is 9.67. The van der Waals surface area contributed by atoms with Gasteiger partial charge < -0.3 is 4.90 Å². The molecule has 0 spiro atoms. The molecule has 1 aliphatic carbocycles. The number of hydrogen-bond donors (Lipinski definition) is 0. The summed E-state index contributed by atoms with van der Waals surface area (Å²) < 4.78 is 0. The molecule has 1 heterocycles. The Hall–Kier alpha value is -4.70. The number of carbonyl (C=O) groups excluding carboxylic acids is 2. The van der Waals surface area contributed by atoms with Gasteiger partial charge in [-0.25, -0.2) is 0 Å². The van der Waals surface area contributed by atoms with Crippen LogP contribution in [0.2, 0.25) is 6.82 Å². The van der Waals surface area contributed by atoms with Crippen molar-refractivity contribution in [1.82, 2.24) is 0 Å². The van der Waals surface area contributed by atoms with Crippen LogP contribution in [0, 0.1) is 0 Å². The molecular weight excluding hydrogens is 453 g/mol. The molecule has 0 saturated carbocycles. The summed E-state index contributed by atoms with van der Waals surface area (Å²) in [4.78, 5) is 28.9. The van der Waals surface area contributed by atoms with Gasteiger partial charge >= 0.3 is 0 Å². The predicted molar refractivity (Wildman–Crippen MR) is 151 cm³/mol. The Morgan fingerprint density at radius 3 is 1.57 bits per heavy atom. The van der Waals surface area contributed by atoms with Crippen LogP contribution < -0.4 is 15.8 Å². The Labute approximate surface area is 216 Å². The van der Waals surface area contributed by atoms with Gasteiger partial charge in [-0.15, -0.1) is 0 Å². The van der Waals surface area contributed by atoms with E-state index < -0.39 is 0 Å². The monoisotopic (exact) mass is 475 g/mol. The zero-order chi connectivity index (χ0) is 25.1. The first-order valence-corrected chi connectivity index (χ1v) is 12.5. The highest BCUT2D eigenvalue weighted by Crippen LogP contribution is 2.42. The van der Waals surface area contributed by atoms with Crippen LogP contribution in [0.4, 0.5) is 17.1 Å². The third-order valence-electron chi connectivity index (χ3n) is 7.67. The number of rotatable bonds is 2. The van der Waals surface area contributed by atoms with Gasteiger partial charge in [-0.05, 0) is 35.9 Å². The molecule has 174 valence electrons. The zero-order valence-electron chi connectivity index (χ0n) is 20.3. The summed E-state index contributed by atoms with van der Waals surface area (Å²) in [6.45, 7) is 2.54. The molecule has 0 N–H and O–H groups in total. The van der Waals surface area contributed by atoms with E-state index in [2.05, 4.69) is 72.4 Å². The molecule has 0 unspecified atom stereocenters. The molecule has 3 nitrogen and oxygen atoms in total. The molecule has 37 heavy (non-hydrogen) atoms. The van der Waals surface area contributed by atoms with Gasteiger partial charge in [-0.1, -0.05) is 103 Å². The summed E-state index contributed by atoms with van der Waals surface area (Å²) in [6, 6.07) is 38.1. The highest BCUT2D eigenvalue weighted by atomic mass is 16.1. The minimum Gasteiger partial charge on any atom is -0.311 e. The van der Waals surface area contributed by atoms with Gasteiger partial charge in [-0.2, -0.15) is 0 Å². The maximum Gasteiger partial charge on any atom is 0.211 e. The first-order chi connectivity index (χ1) is 18.1. The lowest BCUT2D eigenvalue weighted by atomic mass is 9.40. The van der Waals surface area contributed by atoms with Gasteiger partial charge in [0.25, 0.3) is 0 Å². The second-order valence-electron chi connectivity index (χ2n) is 9.66. The van der Waals surface area contributed by atoms with E-state index in [9.17, 15) is 9.59 Å². The number of fused-ring (bicyclic) bond motifs is 4. The quantitative estimate of drug-likeness (QED) is 0.282. The summed E-state index contributed by atoms with van der Waals surface area (Å²) in [5, 5.41) is 0. The van der Waals surface area contributed by atoms with Crippen LogP contribution in [0.15, 0.2) is 115 Å². The van der Waals surface area contributed by atoms with Gasteiger partial charge in [0, 0.05) is 39.2 Å². The van der Waals surface area contributed by atoms with E-state index in [-0.39, 0.29) is 18.3 Å². The summed E-state index contributed by atoms with van der Waals surface area (Å²) >= 11 is 0. The number of nitrogens with zero attached hydrogens (tertiary/aromatic N) is 1. The van der Waals surface area contributed by atoms with Gasteiger partial charge in [0.15, 0.2) is 11.6 Å². The second-order valence-corrected chi connectivity index (χ2v) is 9.66. The van der Waals surface area contributed by atoms with Crippen molar-refractivity contribution in [2.75, 3.05) is 4.90 Å². The van der Waals surface area contributed by atoms with Crippen LogP contribution in [0.3, 0.4) is 0 Å². The first kappa shape index (κ1) is 21.6. The van der Waals surface area contributed by atoms with Crippen molar-refractivity contribution < 1.29 is 9.59 Å². The van der Waals surface area contributed by atoms with Crippen LogP contribution in [0.1, 0.15) is 31.8 Å². The summed E-state index contributed by atoms with van der Waals surface area (Å²) in [5.74, 6) is -0.204. The number of para-hydroxylation sites is 3. The normalized spacial score (nSPS) is 13.5. The average molecular weight is 475 g/mol. The van der Waals surface area contributed by atoms with Crippen molar-refractivity contribution in [2.45, 2.75) is 6.82 Å². The van der Waals surface area contributed by atoms with Crippen molar-refractivity contribution >= 4 is 46.3 Å². The fourth-order valence-electron chi connectivity index (χ4n) is 5.85. The Kier molecular flexibility index (Phi) is 4.77. The second kappa shape index (κ2) is 8.17. The third kappa shape index (κ3) is 3.16. The predicted octanol–water partition coefficient (Wildman–Crippen LogP) is 6.15. The number of hydrogen-bond acceptors (Lipinski definition) is 3. The molecule has 4 heteroatoms. The van der Waals surface area contributed by atoms with Crippen molar-refractivity contribution in [1.29, 1.82) is 0 Å². The topological polar surface area (TPSA) is 37.4 Å². The minimum absolute atomic E-state index is 0.0992. The first-order valence-electron chi connectivity index (χ1n) is 12.5. The van der Waals surface area contributed by atoms with Gasteiger partial charge in [0.1, 0.15) is 0 Å². The van der Waals surface area contributed by atoms with E-state index in [1.165, 1.54) is 10.9 Å². The largest absolute Gasteiger partial charge is 0.311 e. The van der Waals surface area contributed by atoms with Crippen molar-refractivity contribution in [2.24, 2.45) is 0 Å². The molecule has 0 bridgehead atoms. The molecule has 0 amide bonds. The number of ketones is 2. The molecular formula is C33H22BNO2. The standard InChI is InChI=1S/C33H22BNO2/c1-34-27-13-5-8-16-30(27)35(31-17-9-6-14-28(31)34)29-15-7-4-10-22(29)21-18-19-25-26(20-21)33(37)24-12-3-2-11-23(24)32(25)36/h2-20H,1H3. The lowest BCUT2D eigenvalue weighted by molar-refractivity contribution is 0.0979. The van der Waals surface area contributed by atoms with Crippen molar-refractivity contribution in [3.63, 3.8) is 0 Å². The molecule has 1 aliphatic heterocycles. The Morgan fingerprint density at radius 1 is 0.486 bits per heavy atom. The van der Waals surface area contributed by atoms with Crippen LogP contribution in [-0.4, -0.2) is 18.3 Å². The summed E-state index contributed by atoms with van der Waals surface area (Å²) in [6.07, 6.45) is 0. The van der Waals surface area contributed by atoms with Crippen LogP contribution in [-0.2, 0) is 0 Å². The maximum atomic E-state index is 13.4. The molecule has 0 fully saturated rings. The third-order valence-corrected chi connectivity index (χ3v) is 7.67. The lowest BCUT2D eigenvalue weighted by Crippen LogP contribution is -2.47. The lowest BCUT2D eigenvalue weighted by Gasteiger charge is -2.37. The van der Waals surface area contributed by atoms with Crippen molar-refractivity contribution in [3.8, 4) is 11.1 Å². The smallest absolute Gasteiger partial charge is 0.211 e. The molecule has 0 atom stereocenters. The molecule has 2 aliphatic rings. The fraction of sp³-hybridized carbons (Fsp3) is 0.0303. The van der Waals surface area contributed by atoms with Gasteiger partial charge in [0.05, 0.1) is 5.69 Å². The molecule has 7 rings (SSSR count).